The number of nitrogens with zero attached hydrogens (tertiary/aromatic N) is 1. The molecule has 0 aliphatic rings. The van der Waals surface area contributed by atoms with Gasteiger partial charge in [-0.25, -0.2) is 9.78 Å². The molecule has 1 rings (SSSR count). The zero-order chi connectivity index (χ0) is 9.68. The van der Waals surface area contributed by atoms with E-state index in [4.69, 9.17) is 0 Å². The van der Waals surface area contributed by atoms with E-state index in [0.29, 0.717) is 5.92 Å². The van der Waals surface area contributed by atoms with Gasteiger partial charge in [0.2, 0.25) is 0 Å². The monoisotopic (exact) mass is 181 g/mol. The van der Waals surface area contributed by atoms with Crippen LogP contribution in [0.15, 0.2) is 17.1 Å². The van der Waals surface area contributed by atoms with Gasteiger partial charge < -0.3 is 5.32 Å². The van der Waals surface area contributed by atoms with Gasteiger partial charge in [-0.2, -0.15) is 0 Å². The van der Waals surface area contributed by atoms with Crippen LogP contribution in [0.4, 0.5) is 5.82 Å². The largest absolute Gasteiger partial charge is 0.371 e. The summed E-state index contributed by atoms with van der Waals surface area (Å²) in [4.78, 5) is 16.9. The summed E-state index contributed by atoms with van der Waals surface area (Å²) in [5.41, 5.74) is -0.311. The number of hydrogen-bond donors (Lipinski definition) is 2. The lowest BCUT2D eigenvalue weighted by Gasteiger charge is -2.10. The molecule has 1 unspecified atom stereocenters. The quantitative estimate of drug-likeness (QED) is 0.734. The third kappa shape index (κ3) is 3.27. The number of H-pyrrole nitrogens is 1. The summed E-state index contributed by atoms with van der Waals surface area (Å²) in [6.07, 6.45) is 2.63. The predicted molar refractivity (Wildman–Crippen MR) is 52.8 cm³/mol. The molecule has 0 amide bonds. The summed E-state index contributed by atoms with van der Waals surface area (Å²) in [7, 11) is 0. The summed E-state index contributed by atoms with van der Waals surface area (Å²) in [6.45, 7) is 5.17. The molecular formula is C9H15N3O. The molecule has 4 nitrogen and oxygen atoms in total. The molecule has 13 heavy (non-hydrogen) atoms. The lowest BCUT2D eigenvalue weighted by Crippen LogP contribution is -2.16. The molecule has 0 aliphatic heterocycles. The van der Waals surface area contributed by atoms with E-state index in [-0.39, 0.29) is 5.69 Å². The molecule has 1 atom stereocenters. The highest BCUT2D eigenvalue weighted by molar-refractivity contribution is 5.31. The number of aromatic nitrogens is 2. The first-order chi connectivity index (χ1) is 6.22. The average Bonchev–Trinajstić information content (AvgIpc) is 2.14. The predicted octanol–water partition coefficient (Wildman–Crippen LogP) is 1.23. The van der Waals surface area contributed by atoms with Crippen LogP contribution in [0.1, 0.15) is 20.3 Å². The van der Waals surface area contributed by atoms with Gasteiger partial charge in [-0.05, 0) is 12.0 Å². The average molecular weight is 181 g/mol. The molecular weight excluding hydrogens is 166 g/mol. The van der Waals surface area contributed by atoms with Gasteiger partial charge in [-0.15, -0.1) is 0 Å². The number of hydrogen-bond acceptors (Lipinski definition) is 3. The Hall–Kier alpha value is -1.32. The molecule has 1 aromatic heterocycles. The van der Waals surface area contributed by atoms with E-state index in [0.717, 1.165) is 18.8 Å². The maximum Gasteiger partial charge on any atom is 0.346 e. The minimum Gasteiger partial charge on any atom is -0.371 e. The summed E-state index contributed by atoms with van der Waals surface area (Å²) in [5.74, 6) is 1.34. The van der Waals surface area contributed by atoms with E-state index in [1.165, 1.54) is 6.20 Å². The highest BCUT2D eigenvalue weighted by Gasteiger charge is 1.98. The lowest BCUT2D eigenvalue weighted by molar-refractivity contribution is 0.592. The highest BCUT2D eigenvalue weighted by atomic mass is 16.1. The van der Waals surface area contributed by atoms with Crippen LogP contribution < -0.4 is 11.0 Å². The Bertz CT molecular complexity index is 308. The van der Waals surface area contributed by atoms with Crippen molar-refractivity contribution >= 4 is 5.82 Å². The fourth-order valence-electron chi connectivity index (χ4n) is 0.900. The van der Waals surface area contributed by atoms with Crippen LogP contribution in [0.3, 0.4) is 0 Å². The Balaban J connectivity index is 2.50. The number of aromatic amines is 1. The molecule has 0 bridgehead atoms. The third-order valence-electron chi connectivity index (χ3n) is 2.01. The second-order valence-corrected chi connectivity index (χ2v) is 3.18. The molecule has 2 N–H and O–H groups in total. The maximum atomic E-state index is 10.8. The second kappa shape index (κ2) is 4.64. The van der Waals surface area contributed by atoms with Crippen molar-refractivity contribution in [2.45, 2.75) is 20.3 Å². The third-order valence-corrected chi connectivity index (χ3v) is 2.01. The van der Waals surface area contributed by atoms with Crippen LogP contribution in [0, 0.1) is 5.92 Å². The van der Waals surface area contributed by atoms with Gasteiger partial charge in [0.25, 0.3) is 0 Å². The lowest BCUT2D eigenvalue weighted by atomic mass is 10.1. The van der Waals surface area contributed by atoms with E-state index in [1.807, 2.05) is 0 Å². The van der Waals surface area contributed by atoms with Crippen molar-refractivity contribution in [1.29, 1.82) is 0 Å². The molecule has 0 fully saturated rings. The first-order valence-corrected chi connectivity index (χ1v) is 4.51. The Kier molecular flexibility index (Phi) is 3.49. The summed E-state index contributed by atoms with van der Waals surface area (Å²) in [6, 6.07) is 1.75. The normalized spacial score (nSPS) is 12.5. The van der Waals surface area contributed by atoms with Crippen LogP contribution in [-0.2, 0) is 0 Å². The van der Waals surface area contributed by atoms with Crippen molar-refractivity contribution in [2.24, 2.45) is 5.92 Å². The number of rotatable bonds is 4. The SMILES string of the molecule is CCC(C)CNc1ccnc(=O)[nH]1. The molecule has 72 valence electrons. The molecule has 4 heteroatoms. The van der Waals surface area contributed by atoms with Crippen molar-refractivity contribution in [3.05, 3.63) is 22.7 Å². The Morgan fingerprint density at radius 1 is 1.69 bits per heavy atom. The van der Waals surface area contributed by atoms with Gasteiger partial charge in [-0.1, -0.05) is 20.3 Å². The molecule has 0 aliphatic carbocycles. The standard InChI is InChI=1S/C9H15N3O/c1-3-7(2)6-11-8-4-5-10-9(13)12-8/h4-5,7H,3,6H2,1-2H3,(H2,10,11,12,13). The fraction of sp³-hybridized carbons (Fsp3) is 0.556. The first kappa shape index (κ1) is 9.77. The summed E-state index contributed by atoms with van der Waals surface area (Å²) >= 11 is 0. The Morgan fingerprint density at radius 2 is 2.46 bits per heavy atom. The van der Waals surface area contributed by atoms with E-state index in [9.17, 15) is 4.79 Å². The summed E-state index contributed by atoms with van der Waals surface area (Å²) in [5, 5.41) is 3.14. The molecule has 1 heterocycles. The molecule has 0 radical (unpaired) electrons. The van der Waals surface area contributed by atoms with Crippen molar-refractivity contribution in [1.82, 2.24) is 9.97 Å². The van der Waals surface area contributed by atoms with E-state index in [1.54, 1.807) is 6.07 Å². The molecule has 0 spiro atoms. The van der Waals surface area contributed by atoms with Gasteiger partial charge in [-0.3, -0.25) is 4.98 Å². The van der Waals surface area contributed by atoms with Gasteiger partial charge >= 0.3 is 5.69 Å². The highest BCUT2D eigenvalue weighted by Crippen LogP contribution is 2.02. The van der Waals surface area contributed by atoms with Crippen molar-refractivity contribution in [3.63, 3.8) is 0 Å². The molecule has 1 aromatic rings. The molecule has 0 saturated heterocycles. The van der Waals surface area contributed by atoms with Gasteiger partial charge in [0, 0.05) is 12.7 Å². The van der Waals surface area contributed by atoms with Crippen LogP contribution in [-0.4, -0.2) is 16.5 Å². The van der Waals surface area contributed by atoms with Gasteiger partial charge in [0.05, 0.1) is 0 Å². The van der Waals surface area contributed by atoms with Crippen molar-refractivity contribution in [3.8, 4) is 0 Å². The van der Waals surface area contributed by atoms with Crippen LogP contribution in [0.2, 0.25) is 0 Å². The Morgan fingerprint density at radius 3 is 3.08 bits per heavy atom. The smallest absolute Gasteiger partial charge is 0.346 e. The van der Waals surface area contributed by atoms with Crippen LogP contribution in [0.25, 0.3) is 0 Å². The Labute approximate surface area is 77.4 Å². The van der Waals surface area contributed by atoms with Gasteiger partial charge in [0.15, 0.2) is 0 Å². The summed E-state index contributed by atoms with van der Waals surface area (Å²) < 4.78 is 0. The first-order valence-electron chi connectivity index (χ1n) is 4.51. The number of nitrogens with one attached hydrogen (secondary N) is 2. The van der Waals surface area contributed by atoms with E-state index < -0.39 is 0 Å². The second-order valence-electron chi connectivity index (χ2n) is 3.18. The molecule has 0 saturated carbocycles. The van der Waals surface area contributed by atoms with E-state index >= 15 is 0 Å². The van der Waals surface area contributed by atoms with Gasteiger partial charge in [0.1, 0.15) is 5.82 Å². The zero-order valence-corrected chi connectivity index (χ0v) is 8.00. The minimum absolute atomic E-state index is 0.311. The van der Waals surface area contributed by atoms with E-state index in [2.05, 4.69) is 29.1 Å². The van der Waals surface area contributed by atoms with Crippen LogP contribution >= 0.6 is 0 Å². The zero-order valence-electron chi connectivity index (χ0n) is 8.00. The number of anilines is 1. The minimum atomic E-state index is -0.311. The van der Waals surface area contributed by atoms with Crippen molar-refractivity contribution in [2.75, 3.05) is 11.9 Å². The maximum absolute atomic E-state index is 10.8. The topological polar surface area (TPSA) is 57.8 Å². The van der Waals surface area contributed by atoms with Crippen LogP contribution in [0.5, 0.6) is 0 Å². The fourth-order valence-corrected chi connectivity index (χ4v) is 0.900. The molecule has 0 aromatic carbocycles. The van der Waals surface area contributed by atoms with Crippen molar-refractivity contribution < 1.29 is 0 Å².